The van der Waals surface area contributed by atoms with E-state index in [1.165, 1.54) is 18.4 Å². The molecule has 0 N–H and O–H groups in total. The highest BCUT2D eigenvalue weighted by molar-refractivity contribution is 6.74. The van der Waals surface area contributed by atoms with E-state index in [-0.39, 0.29) is 29.4 Å². The predicted molar refractivity (Wildman–Crippen MR) is 170 cm³/mol. The van der Waals surface area contributed by atoms with E-state index in [0.29, 0.717) is 30.9 Å². The Morgan fingerprint density at radius 3 is 2.29 bits per heavy atom. The van der Waals surface area contributed by atoms with E-state index in [2.05, 4.69) is 58.1 Å². The molecule has 3 aliphatic rings. The molecule has 0 spiro atoms. The van der Waals surface area contributed by atoms with Gasteiger partial charge in [-0.1, -0.05) is 51.1 Å². The van der Waals surface area contributed by atoms with Crippen LogP contribution in [0.25, 0.3) is 22.2 Å². The summed E-state index contributed by atoms with van der Waals surface area (Å²) in [6.07, 6.45) is 6.64. The molecule has 224 valence electrons. The molecule has 2 saturated carbocycles. The second-order valence-corrected chi connectivity index (χ2v) is 18.9. The molecule has 8 heteroatoms. The fraction of sp³-hybridized carbons (Fsp3) is 0.559. The van der Waals surface area contributed by atoms with Crippen LogP contribution in [-0.2, 0) is 16.3 Å². The van der Waals surface area contributed by atoms with E-state index in [4.69, 9.17) is 9.41 Å². The highest BCUT2D eigenvalue weighted by atomic mass is 28.4. The third-order valence-corrected chi connectivity index (χ3v) is 14.8. The van der Waals surface area contributed by atoms with Gasteiger partial charge in [-0.15, -0.1) is 0 Å². The van der Waals surface area contributed by atoms with E-state index in [1.54, 1.807) is 4.90 Å². The number of rotatable bonds is 6. The molecule has 0 atom stereocenters. The lowest BCUT2D eigenvalue weighted by Crippen LogP contribution is -2.56. The maximum atomic E-state index is 13.8. The number of amides is 2. The minimum Gasteiger partial charge on any atom is -0.414 e. The first kappa shape index (κ1) is 29.1. The van der Waals surface area contributed by atoms with Crippen molar-refractivity contribution in [3.05, 3.63) is 53.9 Å². The first-order valence-corrected chi connectivity index (χ1v) is 18.7. The average Bonchev–Trinajstić information content (AvgIpc) is 3.76. The van der Waals surface area contributed by atoms with Crippen LogP contribution in [0.3, 0.4) is 0 Å². The maximum Gasteiger partial charge on any atom is 0.290 e. The summed E-state index contributed by atoms with van der Waals surface area (Å²) in [7, 11) is 0.127. The topological polar surface area (TPSA) is 67.7 Å². The number of nitrogens with zero attached hydrogens (tertiary/aromatic N) is 4. The average molecular weight is 587 g/mol. The van der Waals surface area contributed by atoms with Gasteiger partial charge in [-0.05, 0) is 85.8 Å². The third kappa shape index (κ3) is 5.55. The van der Waals surface area contributed by atoms with Crippen LogP contribution in [0.15, 0.2) is 42.5 Å². The summed E-state index contributed by atoms with van der Waals surface area (Å²) in [5.74, 6) is 0.869. The van der Waals surface area contributed by atoms with Crippen molar-refractivity contribution >= 4 is 31.2 Å². The van der Waals surface area contributed by atoms with Crippen LogP contribution in [0, 0.1) is 0 Å². The molecule has 7 nitrogen and oxygen atoms in total. The van der Waals surface area contributed by atoms with Crippen molar-refractivity contribution in [1.29, 1.82) is 0 Å². The van der Waals surface area contributed by atoms with E-state index in [0.717, 1.165) is 47.8 Å². The molecule has 1 saturated heterocycles. The maximum absolute atomic E-state index is 13.8. The van der Waals surface area contributed by atoms with Crippen molar-refractivity contribution in [2.45, 2.75) is 95.5 Å². The zero-order chi connectivity index (χ0) is 29.8. The van der Waals surface area contributed by atoms with Gasteiger partial charge in [-0.2, -0.15) is 0 Å². The van der Waals surface area contributed by atoms with Gasteiger partial charge in [0.2, 0.25) is 5.91 Å². The molecule has 2 heterocycles. The standard InChI is InChI=1S/C34H46N4O3Si/c1-34(2,3)42(5,6)41-27-16-14-26(15-17-27)38-19-18-37(22-30(38)39)33(40)32-35-31-28(24-10-8-7-9-11-24)20-25(23-12-13-23)21-29(31)36(32)4/h7-11,20-21,23,26-27H,12-19,22H2,1-6H3. The van der Waals surface area contributed by atoms with E-state index < -0.39 is 8.32 Å². The van der Waals surface area contributed by atoms with Crippen LogP contribution < -0.4 is 0 Å². The Kier molecular flexibility index (Phi) is 7.58. The van der Waals surface area contributed by atoms with E-state index in [9.17, 15) is 9.59 Å². The van der Waals surface area contributed by atoms with Gasteiger partial charge < -0.3 is 18.8 Å². The van der Waals surface area contributed by atoms with Gasteiger partial charge in [0.25, 0.3) is 5.91 Å². The fourth-order valence-electron chi connectivity index (χ4n) is 6.45. The highest BCUT2D eigenvalue weighted by Gasteiger charge is 2.41. The molecular weight excluding hydrogens is 540 g/mol. The van der Waals surface area contributed by atoms with Crippen molar-refractivity contribution in [3.8, 4) is 11.1 Å². The van der Waals surface area contributed by atoms with Gasteiger partial charge in [0.05, 0.1) is 11.0 Å². The molecule has 2 amide bonds. The second kappa shape index (κ2) is 10.9. The van der Waals surface area contributed by atoms with Crippen LogP contribution in [0.1, 0.15) is 81.4 Å². The molecule has 42 heavy (non-hydrogen) atoms. The zero-order valence-electron chi connectivity index (χ0n) is 26.2. The smallest absolute Gasteiger partial charge is 0.290 e. The predicted octanol–water partition coefficient (Wildman–Crippen LogP) is 6.74. The van der Waals surface area contributed by atoms with Crippen LogP contribution in [0.5, 0.6) is 0 Å². The number of piperazine rings is 1. The number of benzene rings is 2. The van der Waals surface area contributed by atoms with Crippen molar-refractivity contribution in [2.75, 3.05) is 19.6 Å². The molecule has 0 radical (unpaired) electrons. The molecule has 0 bridgehead atoms. The molecule has 2 aromatic carbocycles. The number of imidazole rings is 1. The lowest BCUT2D eigenvalue weighted by molar-refractivity contribution is -0.138. The summed E-state index contributed by atoms with van der Waals surface area (Å²) in [5, 5.41) is 0.199. The summed E-state index contributed by atoms with van der Waals surface area (Å²) >= 11 is 0. The van der Waals surface area contributed by atoms with Crippen molar-refractivity contribution < 1.29 is 14.0 Å². The molecule has 1 aromatic heterocycles. The number of fused-ring (bicyclic) bond motifs is 1. The Hall–Kier alpha value is -2.97. The molecule has 3 aromatic rings. The molecule has 2 aliphatic carbocycles. The lowest BCUT2D eigenvalue weighted by Gasteiger charge is -2.44. The first-order valence-electron chi connectivity index (χ1n) is 15.8. The highest BCUT2D eigenvalue weighted by Crippen LogP contribution is 2.43. The molecule has 1 aliphatic heterocycles. The third-order valence-electron chi connectivity index (χ3n) is 10.2. The van der Waals surface area contributed by atoms with Gasteiger partial charge in [0.15, 0.2) is 14.1 Å². The number of aromatic nitrogens is 2. The summed E-state index contributed by atoms with van der Waals surface area (Å²) in [6.45, 7) is 12.7. The Morgan fingerprint density at radius 2 is 1.67 bits per heavy atom. The van der Waals surface area contributed by atoms with Gasteiger partial charge >= 0.3 is 0 Å². The minimum atomic E-state index is -1.80. The lowest BCUT2D eigenvalue weighted by atomic mass is 9.91. The monoisotopic (exact) mass is 586 g/mol. The minimum absolute atomic E-state index is 0.0446. The quantitative estimate of drug-likeness (QED) is 0.300. The number of hydrogen-bond acceptors (Lipinski definition) is 4. The molecule has 0 unspecified atom stereocenters. The van der Waals surface area contributed by atoms with Crippen molar-refractivity contribution in [1.82, 2.24) is 19.4 Å². The number of aryl methyl sites for hydroxylation is 1. The van der Waals surface area contributed by atoms with Crippen LogP contribution >= 0.6 is 0 Å². The van der Waals surface area contributed by atoms with Crippen LogP contribution in [0.4, 0.5) is 0 Å². The Bertz CT molecular complexity index is 1480. The fourth-order valence-corrected chi connectivity index (χ4v) is 7.87. The Morgan fingerprint density at radius 1 is 0.976 bits per heavy atom. The number of carbonyl (C=O) groups excluding carboxylic acids is 2. The van der Waals surface area contributed by atoms with Gasteiger partial charge in [0, 0.05) is 37.8 Å². The molecule has 3 fully saturated rings. The number of carbonyl (C=O) groups is 2. The van der Waals surface area contributed by atoms with Gasteiger partial charge in [-0.25, -0.2) is 4.98 Å². The summed E-state index contributed by atoms with van der Waals surface area (Å²) < 4.78 is 8.60. The Balaban J connectivity index is 1.15. The molecular formula is C34H46N4O3Si. The summed E-state index contributed by atoms with van der Waals surface area (Å²) in [4.78, 5) is 35.8. The first-order chi connectivity index (χ1) is 19.9. The zero-order valence-corrected chi connectivity index (χ0v) is 27.2. The van der Waals surface area contributed by atoms with E-state index >= 15 is 0 Å². The largest absolute Gasteiger partial charge is 0.414 e. The normalized spacial score (nSPS) is 22.2. The second-order valence-electron chi connectivity index (χ2n) is 14.2. The van der Waals surface area contributed by atoms with Crippen molar-refractivity contribution in [3.63, 3.8) is 0 Å². The van der Waals surface area contributed by atoms with E-state index in [1.807, 2.05) is 34.7 Å². The SMILES string of the molecule is Cn1c(C(=O)N2CCN(C3CCC(O[Si](C)(C)C(C)(C)C)CC3)C(=O)C2)nc2c(-c3ccccc3)cc(C3CC3)cc21. The summed E-state index contributed by atoms with van der Waals surface area (Å²) in [5.41, 5.74) is 5.31. The Labute approximate surface area is 251 Å². The summed E-state index contributed by atoms with van der Waals surface area (Å²) in [6, 6.07) is 15.0. The number of hydrogen-bond donors (Lipinski definition) is 0. The van der Waals surface area contributed by atoms with Crippen LogP contribution in [-0.4, -0.2) is 71.3 Å². The van der Waals surface area contributed by atoms with Crippen LogP contribution in [0.2, 0.25) is 18.1 Å². The molecule has 6 rings (SSSR count). The van der Waals surface area contributed by atoms with Gasteiger partial charge in [-0.3, -0.25) is 9.59 Å². The van der Waals surface area contributed by atoms with Gasteiger partial charge in [0.1, 0.15) is 6.54 Å². The van der Waals surface area contributed by atoms with Crippen molar-refractivity contribution in [2.24, 2.45) is 7.05 Å².